The molecule has 2 aliphatic heterocycles. The van der Waals surface area contributed by atoms with E-state index in [1.54, 1.807) is 0 Å². The SMILES string of the molecule is CC(C)C1CC2CC(C)C1S2. The fourth-order valence-corrected chi connectivity index (χ4v) is 4.92. The number of fused-ring (bicyclic) bond motifs is 2. The lowest BCUT2D eigenvalue weighted by atomic mass is 9.77. The maximum atomic E-state index is 2.44. The van der Waals surface area contributed by atoms with Crippen LogP contribution in [0.4, 0.5) is 0 Å². The topological polar surface area (TPSA) is 0 Å². The Morgan fingerprint density at radius 1 is 1.27 bits per heavy atom. The molecule has 4 atom stereocenters. The first-order chi connectivity index (χ1) is 5.18. The largest absolute Gasteiger partial charge is 0.155 e. The van der Waals surface area contributed by atoms with Crippen molar-refractivity contribution in [2.45, 2.75) is 44.1 Å². The molecule has 0 amide bonds. The van der Waals surface area contributed by atoms with Crippen LogP contribution in [0.25, 0.3) is 0 Å². The predicted octanol–water partition coefficient (Wildman–Crippen LogP) is 3.17. The summed E-state index contributed by atoms with van der Waals surface area (Å²) >= 11 is 2.28. The Kier molecular flexibility index (Phi) is 1.95. The number of hydrogen-bond donors (Lipinski definition) is 0. The molecule has 0 N–H and O–H groups in total. The Hall–Kier alpha value is 0.350. The van der Waals surface area contributed by atoms with Crippen LogP contribution in [0.5, 0.6) is 0 Å². The molecule has 0 spiro atoms. The Labute approximate surface area is 74.1 Å². The van der Waals surface area contributed by atoms with Crippen molar-refractivity contribution in [3.63, 3.8) is 0 Å². The molecule has 64 valence electrons. The normalized spacial score (nSPS) is 49.1. The minimum absolute atomic E-state index is 0.917. The molecule has 0 aliphatic carbocycles. The van der Waals surface area contributed by atoms with E-state index in [2.05, 4.69) is 32.5 Å². The summed E-state index contributed by atoms with van der Waals surface area (Å²) in [6, 6.07) is 0. The third-order valence-corrected chi connectivity index (χ3v) is 5.26. The second-order valence-electron chi connectivity index (χ2n) is 4.58. The summed E-state index contributed by atoms with van der Waals surface area (Å²) in [5.74, 6) is 2.96. The Balaban J connectivity index is 2.06. The zero-order valence-electron chi connectivity index (χ0n) is 7.71. The first-order valence-electron chi connectivity index (χ1n) is 4.84. The van der Waals surface area contributed by atoms with E-state index < -0.39 is 0 Å². The van der Waals surface area contributed by atoms with E-state index in [9.17, 15) is 0 Å². The van der Waals surface area contributed by atoms with Crippen molar-refractivity contribution >= 4 is 11.8 Å². The molecule has 0 aromatic carbocycles. The lowest BCUT2D eigenvalue weighted by molar-refractivity contribution is 0.270. The van der Waals surface area contributed by atoms with Gasteiger partial charge in [-0.05, 0) is 30.6 Å². The predicted molar refractivity (Wildman–Crippen MR) is 51.9 cm³/mol. The monoisotopic (exact) mass is 170 g/mol. The highest BCUT2D eigenvalue weighted by molar-refractivity contribution is 8.01. The van der Waals surface area contributed by atoms with Crippen LogP contribution < -0.4 is 0 Å². The van der Waals surface area contributed by atoms with Crippen LogP contribution in [0.3, 0.4) is 0 Å². The van der Waals surface area contributed by atoms with Crippen molar-refractivity contribution in [1.29, 1.82) is 0 Å². The molecule has 2 heterocycles. The minimum atomic E-state index is 0.917. The van der Waals surface area contributed by atoms with Crippen molar-refractivity contribution in [2.24, 2.45) is 17.8 Å². The van der Waals surface area contributed by atoms with Crippen LogP contribution in [0.2, 0.25) is 0 Å². The molecule has 2 bridgehead atoms. The number of thioether (sulfide) groups is 1. The van der Waals surface area contributed by atoms with Crippen molar-refractivity contribution in [3.05, 3.63) is 0 Å². The molecule has 0 aromatic heterocycles. The van der Waals surface area contributed by atoms with Gasteiger partial charge in [-0.3, -0.25) is 0 Å². The van der Waals surface area contributed by atoms with E-state index in [1.165, 1.54) is 12.8 Å². The van der Waals surface area contributed by atoms with Crippen molar-refractivity contribution in [2.75, 3.05) is 0 Å². The first kappa shape index (κ1) is 7.97. The molecular formula is C10H18S. The molecule has 4 unspecified atom stereocenters. The molecule has 2 rings (SSSR count). The Bertz CT molecular complexity index is 153. The smallest absolute Gasteiger partial charge is 0.0107 e. The average molecular weight is 170 g/mol. The molecule has 0 nitrogen and oxygen atoms in total. The highest BCUT2D eigenvalue weighted by Gasteiger charge is 2.45. The first-order valence-corrected chi connectivity index (χ1v) is 5.78. The molecule has 2 aliphatic rings. The van der Waals surface area contributed by atoms with Crippen LogP contribution in [0.15, 0.2) is 0 Å². The second-order valence-corrected chi connectivity index (χ2v) is 6.06. The van der Waals surface area contributed by atoms with E-state index >= 15 is 0 Å². The number of hydrogen-bond acceptors (Lipinski definition) is 1. The van der Waals surface area contributed by atoms with E-state index in [-0.39, 0.29) is 0 Å². The zero-order chi connectivity index (χ0) is 8.01. The van der Waals surface area contributed by atoms with Gasteiger partial charge in [0.15, 0.2) is 0 Å². The molecule has 1 heteroatoms. The minimum Gasteiger partial charge on any atom is -0.155 e. The summed E-state index contributed by atoms with van der Waals surface area (Å²) in [4.78, 5) is 0. The summed E-state index contributed by atoms with van der Waals surface area (Å²) in [6.45, 7) is 7.21. The Morgan fingerprint density at radius 2 is 2.00 bits per heavy atom. The molecule has 0 aromatic rings. The van der Waals surface area contributed by atoms with Gasteiger partial charge in [0.25, 0.3) is 0 Å². The molecule has 11 heavy (non-hydrogen) atoms. The third-order valence-electron chi connectivity index (χ3n) is 3.36. The van der Waals surface area contributed by atoms with Gasteiger partial charge in [0.1, 0.15) is 0 Å². The molecule has 0 saturated carbocycles. The maximum absolute atomic E-state index is 2.44. The van der Waals surface area contributed by atoms with Crippen molar-refractivity contribution in [3.8, 4) is 0 Å². The van der Waals surface area contributed by atoms with Crippen molar-refractivity contribution in [1.82, 2.24) is 0 Å². The summed E-state index contributed by atoms with van der Waals surface area (Å²) in [5, 5.41) is 2.04. The average Bonchev–Trinajstić information content (AvgIpc) is 2.43. The van der Waals surface area contributed by atoms with E-state index in [4.69, 9.17) is 0 Å². The van der Waals surface area contributed by atoms with Gasteiger partial charge in [-0.15, -0.1) is 0 Å². The van der Waals surface area contributed by atoms with Crippen LogP contribution in [-0.4, -0.2) is 10.5 Å². The van der Waals surface area contributed by atoms with Crippen LogP contribution in [0.1, 0.15) is 33.6 Å². The molecule has 2 saturated heterocycles. The summed E-state index contributed by atoms with van der Waals surface area (Å²) in [7, 11) is 0. The summed E-state index contributed by atoms with van der Waals surface area (Å²) in [6.07, 6.45) is 3.01. The fraction of sp³-hybridized carbons (Fsp3) is 1.00. The highest BCUT2D eigenvalue weighted by Crippen LogP contribution is 2.54. The van der Waals surface area contributed by atoms with E-state index in [1.807, 2.05) is 0 Å². The van der Waals surface area contributed by atoms with Gasteiger partial charge in [0.2, 0.25) is 0 Å². The Morgan fingerprint density at radius 3 is 2.36 bits per heavy atom. The van der Waals surface area contributed by atoms with Crippen LogP contribution in [-0.2, 0) is 0 Å². The van der Waals surface area contributed by atoms with Gasteiger partial charge in [-0.1, -0.05) is 20.8 Å². The standard InChI is InChI=1S/C10H18S/c1-6(2)9-5-8-4-7(3)10(9)11-8/h6-10H,4-5H2,1-3H3. The molecule has 2 fully saturated rings. The molecular weight excluding hydrogens is 152 g/mol. The molecule has 0 radical (unpaired) electrons. The third kappa shape index (κ3) is 1.22. The van der Waals surface area contributed by atoms with Gasteiger partial charge in [-0.25, -0.2) is 0 Å². The van der Waals surface area contributed by atoms with E-state index in [0.717, 1.165) is 28.3 Å². The zero-order valence-corrected chi connectivity index (χ0v) is 8.53. The van der Waals surface area contributed by atoms with Gasteiger partial charge in [0, 0.05) is 10.5 Å². The van der Waals surface area contributed by atoms with Gasteiger partial charge in [0.05, 0.1) is 0 Å². The lowest BCUT2D eigenvalue weighted by Gasteiger charge is -2.28. The highest BCUT2D eigenvalue weighted by atomic mass is 32.2. The number of rotatable bonds is 1. The summed E-state index contributed by atoms with van der Waals surface area (Å²) in [5.41, 5.74) is 0. The van der Waals surface area contributed by atoms with E-state index in [0.29, 0.717) is 0 Å². The summed E-state index contributed by atoms with van der Waals surface area (Å²) < 4.78 is 0. The maximum Gasteiger partial charge on any atom is 0.0107 e. The quantitative estimate of drug-likeness (QED) is 0.582. The van der Waals surface area contributed by atoms with Crippen LogP contribution in [0, 0.1) is 17.8 Å². The second kappa shape index (κ2) is 2.69. The van der Waals surface area contributed by atoms with Crippen LogP contribution >= 0.6 is 11.8 Å². The lowest BCUT2D eigenvalue weighted by Crippen LogP contribution is -2.26. The van der Waals surface area contributed by atoms with Gasteiger partial charge < -0.3 is 0 Å². The van der Waals surface area contributed by atoms with Gasteiger partial charge >= 0.3 is 0 Å². The van der Waals surface area contributed by atoms with Crippen molar-refractivity contribution < 1.29 is 0 Å². The van der Waals surface area contributed by atoms with Gasteiger partial charge in [-0.2, -0.15) is 11.8 Å². The fourth-order valence-electron chi connectivity index (χ4n) is 2.72.